The van der Waals surface area contributed by atoms with Crippen molar-refractivity contribution in [3.05, 3.63) is 24.3 Å². The van der Waals surface area contributed by atoms with Crippen molar-refractivity contribution in [1.29, 1.82) is 0 Å². The number of unbranched alkanes of at least 4 members (excludes halogenated alkanes) is 10. The van der Waals surface area contributed by atoms with E-state index < -0.39 is 22.6 Å². The number of carbonyl (C=O) groups excluding carboxylic acids is 1. The van der Waals surface area contributed by atoms with Crippen molar-refractivity contribution in [1.82, 2.24) is 0 Å². The number of carbonyl (C=O) groups is 2. The Balaban J connectivity index is -0.000000349. The molecule has 0 saturated heterocycles. The summed E-state index contributed by atoms with van der Waals surface area (Å²) in [5.74, 6) is -1.09. The Bertz CT molecular complexity index is 771. The normalized spacial score (nSPS) is 12.3. The molecule has 0 amide bonds. The first-order chi connectivity index (χ1) is 19.4. The van der Waals surface area contributed by atoms with Crippen LogP contribution in [0.5, 0.6) is 0 Å². The van der Waals surface area contributed by atoms with Crippen molar-refractivity contribution < 1.29 is 85.1 Å². The van der Waals surface area contributed by atoms with E-state index in [9.17, 15) is 9.59 Å². The maximum Gasteiger partial charge on any atom is 1.00 e. The van der Waals surface area contributed by atoms with E-state index in [1.165, 1.54) is 50.7 Å². The summed E-state index contributed by atoms with van der Waals surface area (Å²) in [4.78, 5) is 21.3. The number of hydrogen-bond acceptors (Lipinski definition) is 6. The first kappa shape index (κ1) is 51.2. The smallest absolute Gasteiger partial charge is 0.870 e. The number of ether oxygens (including phenoxy) is 1. The van der Waals surface area contributed by atoms with Crippen molar-refractivity contribution >= 4 is 28.6 Å². The average Bonchev–Trinajstić information content (AvgIpc) is 2.85. The van der Waals surface area contributed by atoms with Crippen LogP contribution in [-0.2, 0) is 23.2 Å². The first-order valence-corrected chi connectivity index (χ1v) is 22.2. The summed E-state index contributed by atoms with van der Waals surface area (Å²) in [5, 5.41) is 9.04. The Labute approximate surface area is 316 Å². The fourth-order valence-corrected chi connectivity index (χ4v) is 5.61. The maximum absolute atomic E-state index is 11.1. The van der Waals surface area contributed by atoms with E-state index in [-0.39, 0.29) is 62.8 Å². The second kappa shape index (κ2) is 28.4. The van der Waals surface area contributed by atoms with E-state index in [1.54, 1.807) is 6.08 Å². The van der Waals surface area contributed by atoms with E-state index in [2.05, 4.69) is 67.7 Å². The van der Waals surface area contributed by atoms with Gasteiger partial charge in [-0.15, -0.1) is 0 Å². The monoisotopic (exact) mass is 684 g/mol. The molecule has 0 aliphatic rings. The minimum atomic E-state index is -1.57. The van der Waals surface area contributed by atoms with Crippen molar-refractivity contribution in [2.45, 2.75) is 162 Å². The van der Waals surface area contributed by atoms with Crippen LogP contribution < -0.4 is 51.4 Å². The van der Waals surface area contributed by atoms with Crippen LogP contribution in [0.3, 0.4) is 0 Å². The molecule has 0 saturated carbocycles. The molecule has 0 atom stereocenters. The molecular weight excluding hydrogens is 616 g/mol. The number of esters is 1. The van der Waals surface area contributed by atoms with Gasteiger partial charge in [-0.1, -0.05) is 92.2 Å². The first-order valence-electron chi connectivity index (χ1n) is 16.4. The van der Waals surface area contributed by atoms with Crippen molar-refractivity contribution in [2.24, 2.45) is 0 Å². The molecule has 2 N–H and O–H groups in total. The minimum Gasteiger partial charge on any atom is -0.870 e. The number of carboxylic acids is 1. The molecule has 44 heavy (non-hydrogen) atoms. The molecule has 0 aliphatic heterocycles. The van der Waals surface area contributed by atoms with Crippen LogP contribution in [0.2, 0.25) is 36.3 Å². The Morgan fingerprint density at radius 2 is 0.977 bits per heavy atom. The Morgan fingerprint density at radius 1 is 0.636 bits per heavy atom. The third-order valence-corrected chi connectivity index (χ3v) is 17.4. The molecule has 256 valence electrons. The Kier molecular flexibility index (Phi) is 33.0. The SMILES string of the molecule is CC(C)(C)[Si](C)(C)OCCCCCCC/C=C/C(=O)O.CCOC(=O)/C=C\CCCCCCCO[Si](C)(C)C(C)(C)C.[K+].[OH-]. The number of carboxylic acid groups (broad SMARTS) is 1. The topological polar surface area (TPSA) is 112 Å². The van der Waals surface area contributed by atoms with Crippen LogP contribution in [0.1, 0.15) is 126 Å². The van der Waals surface area contributed by atoms with Crippen molar-refractivity contribution in [2.75, 3.05) is 19.8 Å². The van der Waals surface area contributed by atoms with Gasteiger partial charge in [-0.2, -0.15) is 0 Å². The Morgan fingerprint density at radius 3 is 1.32 bits per heavy atom. The zero-order valence-electron chi connectivity index (χ0n) is 30.9. The molecular formula is C34H69KO7Si2. The van der Waals surface area contributed by atoms with Crippen LogP contribution in [0.25, 0.3) is 0 Å². The van der Waals surface area contributed by atoms with Gasteiger partial charge in [0.25, 0.3) is 0 Å². The van der Waals surface area contributed by atoms with Gasteiger partial charge in [-0.05, 0) is 81.7 Å². The number of rotatable bonds is 21. The second-order valence-corrected chi connectivity index (χ2v) is 23.8. The van der Waals surface area contributed by atoms with Gasteiger partial charge in [0.15, 0.2) is 16.6 Å². The molecule has 7 nitrogen and oxygen atoms in total. The van der Waals surface area contributed by atoms with E-state index in [1.807, 2.05) is 13.0 Å². The number of aliphatic carboxylic acids is 1. The molecule has 0 radical (unpaired) electrons. The van der Waals surface area contributed by atoms with Gasteiger partial charge in [0.1, 0.15) is 0 Å². The zero-order valence-corrected chi connectivity index (χ0v) is 36.0. The van der Waals surface area contributed by atoms with Gasteiger partial charge >= 0.3 is 63.3 Å². The van der Waals surface area contributed by atoms with Gasteiger partial charge in [0.2, 0.25) is 0 Å². The molecule has 0 fully saturated rings. The Hall–Kier alpha value is 0.370. The summed E-state index contributed by atoms with van der Waals surface area (Å²) in [6, 6.07) is 0. The van der Waals surface area contributed by atoms with E-state index in [4.69, 9.17) is 18.7 Å². The predicted octanol–water partition coefficient (Wildman–Crippen LogP) is 7.28. The number of allylic oxidation sites excluding steroid dienone is 2. The zero-order chi connectivity index (χ0) is 32.7. The molecule has 0 aromatic rings. The molecule has 0 aromatic heterocycles. The standard InChI is InChI=1S/C18H36O3Si.C16H32O3Si.K.H2O/c1-7-20-17(19)15-13-11-9-8-10-12-14-16-21-22(5,6)18(2,3)4;1-16(2,3)20(4,5)19-14-12-10-8-6-7-9-11-13-15(17)18;;/h13,15H,7-12,14,16H2,1-6H3;11,13H,6-10,12,14H2,1-5H3,(H,17,18);;1H2/q;;+1;/p-1/b15-13-;13-11+;;. The second-order valence-electron chi connectivity index (χ2n) is 14.2. The van der Waals surface area contributed by atoms with E-state index in [0.29, 0.717) is 16.7 Å². The van der Waals surface area contributed by atoms with Crippen LogP contribution in [-0.4, -0.2) is 59.0 Å². The van der Waals surface area contributed by atoms with Gasteiger partial charge in [-0.3, -0.25) is 0 Å². The summed E-state index contributed by atoms with van der Waals surface area (Å²) < 4.78 is 17.1. The minimum absolute atomic E-state index is 0. The van der Waals surface area contributed by atoms with Crippen molar-refractivity contribution in [3.8, 4) is 0 Å². The third-order valence-electron chi connectivity index (χ3n) is 8.37. The molecule has 0 aromatic carbocycles. The maximum atomic E-state index is 11.1. The summed E-state index contributed by atoms with van der Waals surface area (Å²) in [6.07, 6.45) is 20.0. The van der Waals surface area contributed by atoms with Crippen LogP contribution in [0.15, 0.2) is 24.3 Å². The average molecular weight is 685 g/mol. The molecule has 0 aliphatic carbocycles. The molecule has 0 spiro atoms. The van der Waals surface area contributed by atoms with Crippen LogP contribution >= 0.6 is 0 Å². The van der Waals surface area contributed by atoms with Gasteiger partial charge in [-0.25, -0.2) is 9.59 Å². The fraction of sp³-hybridized carbons (Fsp3) is 0.824. The van der Waals surface area contributed by atoms with Gasteiger partial charge in [0, 0.05) is 25.4 Å². The third kappa shape index (κ3) is 29.8. The van der Waals surface area contributed by atoms with Gasteiger partial charge < -0.3 is 24.2 Å². The summed E-state index contributed by atoms with van der Waals surface area (Å²) >= 11 is 0. The summed E-state index contributed by atoms with van der Waals surface area (Å²) in [7, 11) is -3.13. The molecule has 0 rings (SSSR count). The van der Waals surface area contributed by atoms with Crippen molar-refractivity contribution in [3.63, 3.8) is 0 Å². The molecule has 0 heterocycles. The van der Waals surface area contributed by atoms with E-state index in [0.717, 1.165) is 51.7 Å². The van der Waals surface area contributed by atoms with Crippen LogP contribution in [0, 0.1) is 0 Å². The summed E-state index contributed by atoms with van der Waals surface area (Å²) in [6.45, 7) is 26.9. The van der Waals surface area contributed by atoms with Gasteiger partial charge in [0.05, 0.1) is 6.61 Å². The molecule has 0 bridgehead atoms. The summed E-state index contributed by atoms with van der Waals surface area (Å²) in [5.41, 5.74) is 0. The predicted molar refractivity (Wildman–Crippen MR) is 186 cm³/mol. The molecule has 0 unspecified atom stereocenters. The molecule has 10 heteroatoms. The van der Waals surface area contributed by atoms with E-state index >= 15 is 0 Å². The number of hydrogen-bond donors (Lipinski definition) is 1. The fourth-order valence-electron chi connectivity index (χ4n) is 3.43. The van der Waals surface area contributed by atoms with Crippen LogP contribution in [0.4, 0.5) is 0 Å². The quantitative estimate of drug-likeness (QED) is 0.0585. The largest absolute Gasteiger partial charge is 1.00 e.